The Morgan fingerprint density at radius 1 is 0.933 bits per heavy atom. The first-order chi connectivity index (χ1) is 14.5. The number of nitrogens with zero attached hydrogens (tertiary/aromatic N) is 3. The van der Waals surface area contributed by atoms with E-state index in [1.165, 1.54) is 5.56 Å². The molecule has 2 heterocycles. The SMILES string of the molecule is CC(CN1CCN(c2ccc(Cl)cc2Cl)[C@H](c2ccc(Cl)cc2)C1)N1CCOCC1. The molecule has 30 heavy (non-hydrogen) atoms. The second-order valence-corrected chi connectivity index (χ2v) is 9.39. The number of anilines is 1. The van der Waals surface area contributed by atoms with Crippen molar-refractivity contribution in [2.24, 2.45) is 0 Å². The Balaban J connectivity index is 1.54. The summed E-state index contributed by atoms with van der Waals surface area (Å²) in [5.41, 5.74) is 2.27. The number of hydrogen-bond donors (Lipinski definition) is 0. The van der Waals surface area contributed by atoms with Crippen LogP contribution < -0.4 is 4.90 Å². The molecule has 2 aromatic rings. The summed E-state index contributed by atoms with van der Waals surface area (Å²) in [6, 6.07) is 14.6. The zero-order valence-corrected chi connectivity index (χ0v) is 19.5. The maximum absolute atomic E-state index is 6.58. The van der Waals surface area contributed by atoms with E-state index in [9.17, 15) is 0 Å². The lowest BCUT2D eigenvalue weighted by Crippen LogP contribution is -2.53. The molecular formula is C23H28Cl3N3O. The first-order valence-corrected chi connectivity index (χ1v) is 11.7. The molecule has 2 saturated heterocycles. The summed E-state index contributed by atoms with van der Waals surface area (Å²) in [5, 5.41) is 2.10. The van der Waals surface area contributed by atoms with Crippen molar-refractivity contribution in [3.63, 3.8) is 0 Å². The number of piperazine rings is 1. The van der Waals surface area contributed by atoms with Crippen molar-refractivity contribution in [3.05, 3.63) is 63.1 Å². The molecule has 0 aliphatic carbocycles. The molecule has 0 radical (unpaired) electrons. The fraction of sp³-hybridized carbons (Fsp3) is 0.478. The highest BCUT2D eigenvalue weighted by Crippen LogP contribution is 2.36. The lowest BCUT2D eigenvalue weighted by Gasteiger charge is -2.45. The van der Waals surface area contributed by atoms with Crippen LogP contribution in [0.1, 0.15) is 18.5 Å². The van der Waals surface area contributed by atoms with Crippen LogP contribution in [0.4, 0.5) is 5.69 Å². The lowest BCUT2D eigenvalue weighted by molar-refractivity contribution is 0.0111. The van der Waals surface area contributed by atoms with Crippen molar-refractivity contribution >= 4 is 40.5 Å². The average Bonchev–Trinajstić information content (AvgIpc) is 2.75. The highest BCUT2D eigenvalue weighted by molar-refractivity contribution is 6.36. The van der Waals surface area contributed by atoms with Crippen LogP contribution >= 0.6 is 34.8 Å². The number of ether oxygens (including phenoxy) is 1. The van der Waals surface area contributed by atoms with Crippen LogP contribution in [0, 0.1) is 0 Å². The first kappa shape index (κ1) is 22.2. The molecule has 0 amide bonds. The van der Waals surface area contributed by atoms with Gasteiger partial charge in [0.05, 0.1) is 30.0 Å². The maximum atomic E-state index is 6.58. The average molecular weight is 469 g/mol. The highest BCUT2D eigenvalue weighted by atomic mass is 35.5. The lowest BCUT2D eigenvalue weighted by atomic mass is 10.0. The zero-order chi connectivity index (χ0) is 21.1. The molecule has 0 N–H and O–H groups in total. The Morgan fingerprint density at radius 2 is 1.63 bits per heavy atom. The van der Waals surface area contributed by atoms with E-state index in [0.717, 1.165) is 63.2 Å². The molecule has 162 valence electrons. The summed E-state index contributed by atoms with van der Waals surface area (Å²) in [6.45, 7) is 9.92. The van der Waals surface area contributed by atoms with Gasteiger partial charge in [-0.2, -0.15) is 0 Å². The Hall–Kier alpha value is -1.01. The van der Waals surface area contributed by atoms with Gasteiger partial charge in [-0.25, -0.2) is 0 Å². The molecule has 2 atom stereocenters. The predicted molar refractivity (Wildman–Crippen MR) is 126 cm³/mol. The van der Waals surface area contributed by atoms with Crippen molar-refractivity contribution in [2.45, 2.75) is 19.0 Å². The van der Waals surface area contributed by atoms with E-state index in [2.05, 4.69) is 33.8 Å². The van der Waals surface area contributed by atoms with Gasteiger partial charge in [-0.05, 0) is 42.8 Å². The van der Waals surface area contributed by atoms with Crippen molar-refractivity contribution < 1.29 is 4.74 Å². The summed E-state index contributed by atoms with van der Waals surface area (Å²) in [6.07, 6.45) is 0. The second-order valence-electron chi connectivity index (χ2n) is 8.11. The second kappa shape index (κ2) is 10.1. The van der Waals surface area contributed by atoms with E-state index in [4.69, 9.17) is 39.5 Å². The summed E-state index contributed by atoms with van der Waals surface area (Å²) >= 11 is 18.9. The van der Waals surface area contributed by atoms with E-state index in [1.807, 2.05) is 30.3 Å². The van der Waals surface area contributed by atoms with Gasteiger partial charge in [0.25, 0.3) is 0 Å². The molecule has 2 fully saturated rings. The summed E-state index contributed by atoms with van der Waals surface area (Å²) in [5.74, 6) is 0. The van der Waals surface area contributed by atoms with Gasteiger partial charge in [-0.1, -0.05) is 46.9 Å². The number of halogens is 3. The molecule has 2 aromatic carbocycles. The standard InChI is InChI=1S/C23H28Cl3N3O/c1-17(28-10-12-30-13-11-28)15-27-8-9-29(22-7-6-20(25)14-21(22)26)23(16-27)18-2-4-19(24)5-3-18/h2-7,14,17,23H,8-13,15-16H2,1H3/t17?,23-/m0/s1. The Bertz CT molecular complexity index is 842. The van der Waals surface area contributed by atoms with Gasteiger partial charge in [0.2, 0.25) is 0 Å². The van der Waals surface area contributed by atoms with Crippen molar-refractivity contribution in [3.8, 4) is 0 Å². The molecule has 0 aromatic heterocycles. The highest BCUT2D eigenvalue weighted by Gasteiger charge is 2.31. The van der Waals surface area contributed by atoms with Crippen molar-refractivity contribution in [1.82, 2.24) is 9.80 Å². The van der Waals surface area contributed by atoms with Crippen molar-refractivity contribution in [2.75, 3.05) is 57.4 Å². The third-order valence-electron chi connectivity index (χ3n) is 6.13. The Labute approximate surface area is 194 Å². The van der Waals surface area contributed by atoms with Crippen LogP contribution in [-0.4, -0.2) is 68.3 Å². The predicted octanol–water partition coefficient (Wildman–Crippen LogP) is 5.23. The number of hydrogen-bond acceptors (Lipinski definition) is 4. The molecule has 4 rings (SSSR count). The van der Waals surface area contributed by atoms with Gasteiger partial charge in [-0.3, -0.25) is 9.80 Å². The van der Waals surface area contributed by atoms with E-state index in [-0.39, 0.29) is 6.04 Å². The van der Waals surface area contributed by atoms with Gasteiger partial charge >= 0.3 is 0 Å². The largest absolute Gasteiger partial charge is 0.379 e. The van der Waals surface area contributed by atoms with Crippen LogP contribution in [0.15, 0.2) is 42.5 Å². The molecule has 1 unspecified atom stereocenters. The number of benzene rings is 2. The third kappa shape index (κ3) is 5.24. The fourth-order valence-corrected chi connectivity index (χ4v) is 5.13. The van der Waals surface area contributed by atoms with Crippen molar-refractivity contribution in [1.29, 1.82) is 0 Å². The van der Waals surface area contributed by atoms with Gasteiger partial charge < -0.3 is 9.64 Å². The quantitative estimate of drug-likeness (QED) is 0.598. The van der Waals surface area contributed by atoms with Crippen LogP contribution in [0.25, 0.3) is 0 Å². The topological polar surface area (TPSA) is 19.0 Å². The summed E-state index contributed by atoms with van der Waals surface area (Å²) in [4.78, 5) is 7.50. The smallest absolute Gasteiger partial charge is 0.0670 e. The first-order valence-electron chi connectivity index (χ1n) is 10.5. The molecular weight excluding hydrogens is 441 g/mol. The van der Waals surface area contributed by atoms with E-state index in [1.54, 1.807) is 0 Å². The Kier molecular flexibility index (Phi) is 7.45. The molecule has 0 spiro atoms. The third-order valence-corrected chi connectivity index (χ3v) is 6.92. The molecule has 0 bridgehead atoms. The molecule has 2 aliphatic heterocycles. The summed E-state index contributed by atoms with van der Waals surface area (Å²) < 4.78 is 5.51. The normalized spacial score (nSPS) is 22.3. The maximum Gasteiger partial charge on any atom is 0.0670 e. The zero-order valence-electron chi connectivity index (χ0n) is 17.2. The minimum atomic E-state index is 0.201. The fourth-order valence-electron chi connectivity index (χ4n) is 4.49. The van der Waals surface area contributed by atoms with Crippen LogP contribution in [0.2, 0.25) is 15.1 Å². The minimum absolute atomic E-state index is 0.201. The van der Waals surface area contributed by atoms with Gasteiger partial charge in [0.15, 0.2) is 0 Å². The van der Waals surface area contributed by atoms with Gasteiger partial charge in [0, 0.05) is 55.4 Å². The van der Waals surface area contributed by atoms with E-state index < -0.39 is 0 Å². The van der Waals surface area contributed by atoms with Crippen LogP contribution in [-0.2, 0) is 4.74 Å². The van der Waals surface area contributed by atoms with Gasteiger partial charge in [-0.15, -0.1) is 0 Å². The Morgan fingerprint density at radius 3 is 2.33 bits per heavy atom. The van der Waals surface area contributed by atoms with Gasteiger partial charge in [0.1, 0.15) is 0 Å². The minimum Gasteiger partial charge on any atom is -0.379 e. The van der Waals surface area contributed by atoms with Crippen LogP contribution in [0.3, 0.4) is 0 Å². The number of rotatable bonds is 5. The number of morpholine rings is 1. The van der Waals surface area contributed by atoms with E-state index in [0.29, 0.717) is 16.1 Å². The molecule has 4 nitrogen and oxygen atoms in total. The molecule has 2 aliphatic rings. The van der Waals surface area contributed by atoms with E-state index >= 15 is 0 Å². The summed E-state index contributed by atoms with van der Waals surface area (Å²) in [7, 11) is 0. The van der Waals surface area contributed by atoms with Crippen LogP contribution in [0.5, 0.6) is 0 Å². The monoisotopic (exact) mass is 467 g/mol. The molecule has 7 heteroatoms. The molecule has 0 saturated carbocycles.